The molecule has 0 radical (unpaired) electrons. The Hall–Kier alpha value is -0.820. The molecule has 0 aliphatic carbocycles. The minimum absolute atomic E-state index is 0.433. The summed E-state index contributed by atoms with van der Waals surface area (Å²) in [6.45, 7) is 2.02. The fraction of sp³-hybridized carbons (Fsp3) is 0.300. The maximum atomic E-state index is 10.9. The molecule has 15 heavy (non-hydrogen) atoms. The molecule has 0 aliphatic heterocycles. The predicted molar refractivity (Wildman–Crippen MR) is 69.6 cm³/mol. The summed E-state index contributed by atoms with van der Waals surface area (Å²) in [7, 11) is 1.00. The van der Waals surface area contributed by atoms with Crippen LogP contribution in [0.5, 0.6) is 0 Å². The van der Waals surface area contributed by atoms with Gasteiger partial charge >= 0.3 is 0 Å². The van der Waals surface area contributed by atoms with Gasteiger partial charge in [-0.3, -0.25) is 4.79 Å². The normalized spacial score (nSPS) is 9.07. The van der Waals surface area contributed by atoms with Crippen molar-refractivity contribution >= 4 is 34.2 Å². The first kappa shape index (κ1) is 14.2. The first-order valence-corrected chi connectivity index (χ1v) is 5.46. The Bertz CT molecular complexity index is 354. The highest BCUT2D eigenvalue weighted by Crippen LogP contribution is 2.22. The second-order valence-electron chi connectivity index (χ2n) is 2.76. The van der Waals surface area contributed by atoms with Gasteiger partial charge in [-0.25, -0.2) is 0 Å². The first-order chi connectivity index (χ1) is 7.06. The summed E-state index contributed by atoms with van der Waals surface area (Å²) in [4.78, 5) is 10.9. The largest absolute Gasteiger partial charge is 0.400 e. The molecule has 5 heteroatoms. The van der Waals surface area contributed by atoms with E-state index in [1.54, 1.807) is 12.1 Å². The number of amides is 1. The zero-order valence-corrected chi connectivity index (χ0v) is 10.9. The Labute approximate surface area is 103 Å². The minimum atomic E-state index is -0.433. The summed E-state index contributed by atoms with van der Waals surface area (Å²) < 4.78 is 1.00. The van der Waals surface area contributed by atoms with Crippen LogP contribution in [0, 0.1) is 3.57 Å². The second-order valence-corrected chi connectivity index (χ2v) is 3.84. The molecule has 1 aromatic rings. The van der Waals surface area contributed by atoms with Gasteiger partial charge in [-0.05, 0) is 46.7 Å². The quantitative estimate of drug-likeness (QED) is 0.563. The zero-order valence-electron chi connectivity index (χ0n) is 8.75. The molecular weight excluding hydrogens is 307 g/mol. The van der Waals surface area contributed by atoms with Gasteiger partial charge in [0.1, 0.15) is 0 Å². The molecule has 0 saturated heterocycles. The second kappa shape index (κ2) is 6.62. The Morgan fingerprint density at radius 3 is 2.40 bits per heavy atom. The van der Waals surface area contributed by atoms with E-state index >= 15 is 0 Å². The number of aryl methyl sites for hydroxylation is 1. The lowest BCUT2D eigenvalue weighted by Crippen LogP contribution is -2.12. The zero-order chi connectivity index (χ0) is 12.0. The number of hydrogen-bond acceptors (Lipinski definition) is 3. The van der Waals surface area contributed by atoms with E-state index in [9.17, 15) is 4.79 Å². The number of carbonyl (C=O) groups excluding carboxylic acids is 1. The molecule has 0 aliphatic rings. The van der Waals surface area contributed by atoms with E-state index in [0.29, 0.717) is 11.3 Å². The molecule has 1 rings (SSSR count). The molecule has 0 spiro atoms. The van der Waals surface area contributed by atoms with Gasteiger partial charge < -0.3 is 16.6 Å². The number of hydrogen-bond donors (Lipinski definition) is 3. The Morgan fingerprint density at radius 2 is 2.00 bits per heavy atom. The van der Waals surface area contributed by atoms with Gasteiger partial charge in [0.2, 0.25) is 5.91 Å². The molecule has 1 aromatic carbocycles. The maximum absolute atomic E-state index is 10.9. The van der Waals surface area contributed by atoms with Gasteiger partial charge in [0.05, 0.1) is 0 Å². The van der Waals surface area contributed by atoms with E-state index < -0.39 is 5.91 Å². The van der Waals surface area contributed by atoms with Crippen molar-refractivity contribution in [1.29, 1.82) is 0 Å². The van der Waals surface area contributed by atoms with E-state index in [2.05, 4.69) is 22.6 Å². The molecule has 0 fully saturated rings. The predicted octanol–water partition coefficient (Wildman–Crippen LogP) is 1.14. The number of aliphatic hydroxyl groups is 1. The van der Waals surface area contributed by atoms with Crippen LogP contribution in [0.25, 0.3) is 0 Å². The van der Waals surface area contributed by atoms with Crippen molar-refractivity contribution < 1.29 is 9.90 Å². The van der Waals surface area contributed by atoms with Crippen LogP contribution in [0.3, 0.4) is 0 Å². The number of aliphatic hydroxyl groups excluding tert-OH is 1. The van der Waals surface area contributed by atoms with Crippen molar-refractivity contribution in [2.24, 2.45) is 5.73 Å². The fourth-order valence-corrected chi connectivity index (χ4v) is 1.80. The third-order valence-electron chi connectivity index (χ3n) is 1.84. The fourth-order valence-electron chi connectivity index (χ4n) is 1.11. The van der Waals surface area contributed by atoms with Crippen LogP contribution in [-0.4, -0.2) is 18.1 Å². The van der Waals surface area contributed by atoms with E-state index in [4.69, 9.17) is 16.6 Å². The molecule has 0 saturated carbocycles. The van der Waals surface area contributed by atoms with Gasteiger partial charge in [-0.2, -0.15) is 0 Å². The van der Waals surface area contributed by atoms with Gasteiger partial charge in [0.25, 0.3) is 0 Å². The van der Waals surface area contributed by atoms with Crippen LogP contribution in [-0.2, 0) is 6.42 Å². The van der Waals surface area contributed by atoms with E-state index in [1.165, 1.54) is 0 Å². The summed E-state index contributed by atoms with van der Waals surface area (Å²) in [5.41, 5.74) is 13.0. The lowest BCUT2D eigenvalue weighted by Gasteiger charge is -2.06. The van der Waals surface area contributed by atoms with Crippen LogP contribution in [0.1, 0.15) is 22.8 Å². The standard InChI is InChI=1S/C9H11IN2O.CH4O/c1-2-5-3-6(9(12)13)4-7(11)8(5)10;1-2/h3-4H,2,11H2,1H3,(H2,12,13);2H,1H3. The maximum Gasteiger partial charge on any atom is 0.248 e. The van der Waals surface area contributed by atoms with Crippen molar-refractivity contribution in [2.45, 2.75) is 13.3 Å². The molecule has 5 N–H and O–H groups in total. The van der Waals surface area contributed by atoms with Crippen LogP contribution >= 0.6 is 22.6 Å². The molecule has 0 heterocycles. The topological polar surface area (TPSA) is 89.3 Å². The lowest BCUT2D eigenvalue weighted by atomic mass is 10.1. The average molecular weight is 322 g/mol. The van der Waals surface area contributed by atoms with E-state index in [1.807, 2.05) is 6.92 Å². The number of halogens is 1. The molecular formula is C10H15IN2O2. The number of nitrogen functional groups attached to an aromatic ring is 1. The molecule has 84 valence electrons. The number of anilines is 1. The van der Waals surface area contributed by atoms with Crippen LogP contribution in [0.2, 0.25) is 0 Å². The van der Waals surface area contributed by atoms with Crippen molar-refractivity contribution in [3.05, 3.63) is 26.8 Å². The number of benzene rings is 1. The summed E-state index contributed by atoms with van der Waals surface area (Å²) in [5.74, 6) is -0.433. The third-order valence-corrected chi connectivity index (χ3v) is 3.16. The van der Waals surface area contributed by atoms with Gasteiger partial charge in [0, 0.05) is 21.9 Å². The van der Waals surface area contributed by atoms with Crippen LogP contribution < -0.4 is 11.5 Å². The highest BCUT2D eigenvalue weighted by atomic mass is 127. The molecule has 0 bridgehead atoms. The van der Waals surface area contributed by atoms with E-state index in [0.717, 1.165) is 22.7 Å². The smallest absolute Gasteiger partial charge is 0.248 e. The van der Waals surface area contributed by atoms with Crippen molar-refractivity contribution in [3.63, 3.8) is 0 Å². The third kappa shape index (κ3) is 3.67. The van der Waals surface area contributed by atoms with Gasteiger partial charge in [0.15, 0.2) is 0 Å². The first-order valence-electron chi connectivity index (χ1n) is 4.38. The number of carbonyl (C=O) groups is 1. The minimum Gasteiger partial charge on any atom is -0.400 e. The van der Waals surface area contributed by atoms with Gasteiger partial charge in [-0.1, -0.05) is 6.92 Å². The lowest BCUT2D eigenvalue weighted by molar-refractivity contribution is 0.1000. The molecule has 0 atom stereocenters. The summed E-state index contributed by atoms with van der Waals surface area (Å²) in [5, 5.41) is 7.00. The molecule has 0 unspecified atom stereocenters. The highest BCUT2D eigenvalue weighted by molar-refractivity contribution is 14.1. The monoisotopic (exact) mass is 322 g/mol. The average Bonchev–Trinajstić information content (AvgIpc) is 2.24. The highest BCUT2D eigenvalue weighted by Gasteiger charge is 2.07. The van der Waals surface area contributed by atoms with Crippen molar-refractivity contribution in [3.8, 4) is 0 Å². The van der Waals surface area contributed by atoms with Crippen LogP contribution in [0.15, 0.2) is 12.1 Å². The number of primary amides is 1. The van der Waals surface area contributed by atoms with Crippen molar-refractivity contribution in [1.82, 2.24) is 0 Å². The van der Waals surface area contributed by atoms with Crippen LogP contribution in [0.4, 0.5) is 5.69 Å². The summed E-state index contributed by atoms with van der Waals surface area (Å²) in [6.07, 6.45) is 0.851. The molecule has 1 amide bonds. The summed E-state index contributed by atoms with van der Waals surface area (Å²) >= 11 is 2.17. The molecule has 0 aromatic heterocycles. The van der Waals surface area contributed by atoms with Crippen molar-refractivity contribution in [2.75, 3.05) is 12.8 Å². The SMILES string of the molecule is CCc1cc(C(N)=O)cc(N)c1I.CO. The Balaban J connectivity index is 0.000000921. The summed E-state index contributed by atoms with van der Waals surface area (Å²) in [6, 6.07) is 3.41. The van der Waals surface area contributed by atoms with E-state index in [-0.39, 0.29) is 0 Å². The van der Waals surface area contributed by atoms with Gasteiger partial charge in [-0.15, -0.1) is 0 Å². The number of rotatable bonds is 2. The number of nitrogens with two attached hydrogens (primary N) is 2. The Kier molecular flexibility index (Phi) is 6.26. The Morgan fingerprint density at radius 1 is 1.47 bits per heavy atom. The molecule has 4 nitrogen and oxygen atoms in total.